The van der Waals surface area contributed by atoms with Crippen molar-refractivity contribution in [2.75, 3.05) is 6.54 Å². The Kier molecular flexibility index (Phi) is 6.31. The van der Waals surface area contributed by atoms with Crippen LogP contribution in [0.4, 0.5) is 0 Å². The number of nitrogens with one attached hydrogen (secondary N) is 2. The highest BCUT2D eigenvalue weighted by Crippen LogP contribution is 2.30. The van der Waals surface area contributed by atoms with Gasteiger partial charge in [-0.05, 0) is 57.2 Å². The summed E-state index contributed by atoms with van der Waals surface area (Å²) < 4.78 is 6.32. The van der Waals surface area contributed by atoms with Crippen LogP contribution in [0.2, 0.25) is 0 Å². The number of hydrogen-bond acceptors (Lipinski definition) is 3. The molecule has 1 fully saturated rings. The molecular weight excluding hydrogens is 310 g/mol. The Bertz CT molecular complexity index is 626. The summed E-state index contributed by atoms with van der Waals surface area (Å²) in [6, 6.07) is 4.72. The van der Waals surface area contributed by atoms with Crippen LogP contribution in [0.1, 0.15) is 45.1 Å². The van der Waals surface area contributed by atoms with Gasteiger partial charge in [0.2, 0.25) is 0 Å². The van der Waals surface area contributed by atoms with Gasteiger partial charge in [0, 0.05) is 17.0 Å². The predicted octanol–water partition coefficient (Wildman–Crippen LogP) is 4.23. The SMILES string of the molecule is Cc1c(O[C@@H]2CCC[C@H](NCC(C)C)C2)ccc2[nH]ncc12.Cl. The van der Waals surface area contributed by atoms with E-state index in [0.29, 0.717) is 18.1 Å². The van der Waals surface area contributed by atoms with Gasteiger partial charge < -0.3 is 10.1 Å². The Morgan fingerprint density at radius 2 is 2.17 bits per heavy atom. The lowest BCUT2D eigenvalue weighted by molar-refractivity contribution is 0.133. The third-order valence-corrected chi connectivity index (χ3v) is 4.58. The normalized spacial score (nSPS) is 21.4. The number of hydrogen-bond donors (Lipinski definition) is 2. The Morgan fingerprint density at radius 3 is 2.96 bits per heavy atom. The number of aromatic amines is 1. The summed E-state index contributed by atoms with van der Waals surface area (Å²) in [5.41, 5.74) is 2.26. The molecule has 23 heavy (non-hydrogen) atoms. The number of nitrogens with zero attached hydrogens (tertiary/aromatic N) is 1. The van der Waals surface area contributed by atoms with Gasteiger partial charge in [0.15, 0.2) is 0 Å². The van der Waals surface area contributed by atoms with Gasteiger partial charge in [-0.2, -0.15) is 5.10 Å². The first-order valence-electron chi connectivity index (χ1n) is 8.46. The quantitative estimate of drug-likeness (QED) is 0.858. The summed E-state index contributed by atoms with van der Waals surface area (Å²) >= 11 is 0. The minimum absolute atomic E-state index is 0. The van der Waals surface area contributed by atoms with Crippen molar-refractivity contribution in [3.63, 3.8) is 0 Å². The van der Waals surface area contributed by atoms with Crippen LogP contribution in [-0.4, -0.2) is 28.9 Å². The number of H-pyrrole nitrogens is 1. The molecule has 3 rings (SSSR count). The number of aromatic nitrogens is 2. The van der Waals surface area contributed by atoms with Crippen molar-refractivity contribution in [2.24, 2.45) is 5.92 Å². The number of aryl methyl sites for hydroxylation is 1. The summed E-state index contributed by atoms with van der Waals surface area (Å²) in [5.74, 6) is 1.70. The zero-order valence-electron chi connectivity index (χ0n) is 14.3. The van der Waals surface area contributed by atoms with Gasteiger partial charge >= 0.3 is 0 Å². The first-order chi connectivity index (χ1) is 10.6. The van der Waals surface area contributed by atoms with Gasteiger partial charge in [-0.15, -0.1) is 12.4 Å². The molecule has 1 aliphatic carbocycles. The average Bonchev–Trinajstić information content (AvgIpc) is 2.98. The second-order valence-electron chi connectivity index (χ2n) is 6.93. The zero-order chi connectivity index (χ0) is 15.5. The van der Waals surface area contributed by atoms with E-state index in [1.54, 1.807) is 0 Å². The lowest BCUT2D eigenvalue weighted by Gasteiger charge is -2.31. The predicted molar refractivity (Wildman–Crippen MR) is 97.6 cm³/mol. The first-order valence-corrected chi connectivity index (χ1v) is 8.46. The molecule has 1 saturated carbocycles. The van der Waals surface area contributed by atoms with Crippen molar-refractivity contribution in [2.45, 2.75) is 58.6 Å². The lowest BCUT2D eigenvalue weighted by Crippen LogP contribution is -2.39. The van der Waals surface area contributed by atoms with Crippen LogP contribution in [0.3, 0.4) is 0 Å². The van der Waals surface area contributed by atoms with Crippen molar-refractivity contribution in [3.8, 4) is 5.75 Å². The number of rotatable bonds is 5. The van der Waals surface area contributed by atoms with Crippen molar-refractivity contribution >= 4 is 23.3 Å². The van der Waals surface area contributed by atoms with E-state index in [-0.39, 0.29) is 12.4 Å². The molecule has 1 aliphatic rings. The van der Waals surface area contributed by atoms with Crippen molar-refractivity contribution in [3.05, 3.63) is 23.9 Å². The standard InChI is InChI=1S/C18H27N3O.ClH/c1-12(2)10-19-14-5-4-6-15(9-14)22-18-8-7-17-16(13(18)3)11-20-21-17;/h7-8,11-12,14-15,19H,4-6,9-10H2,1-3H3,(H,20,21);1H/t14-,15+;/m0./s1. The Labute approximate surface area is 144 Å². The molecule has 128 valence electrons. The fraction of sp³-hybridized carbons (Fsp3) is 0.611. The molecule has 2 aromatic rings. The first kappa shape index (κ1) is 18.1. The number of benzene rings is 1. The average molecular weight is 338 g/mol. The van der Waals surface area contributed by atoms with E-state index < -0.39 is 0 Å². The highest BCUT2D eigenvalue weighted by Gasteiger charge is 2.23. The summed E-state index contributed by atoms with van der Waals surface area (Å²) in [5, 5.41) is 12.0. The molecule has 0 bridgehead atoms. The molecule has 2 N–H and O–H groups in total. The Hall–Kier alpha value is -1.26. The fourth-order valence-electron chi connectivity index (χ4n) is 3.29. The molecule has 0 aliphatic heterocycles. The minimum atomic E-state index is 0. The molecule has 2 atom stereocenters. The van der Waals surface area contributed by atoms with E-state index in [2.05, 4.69) is 48.4 Å². The van der Waals surface area contributed by atoms with E-state index in [0.717, 1.165) is 36.0 Å². The smallest absolute Gasteiger partial charge is 0.123 e. The Balaban J connectivity index is 0.00000192. The molecule has 0 spiro atoms. The molecule has 5 heteroatoms. The maximum absolute atomic E-state index is 6.32. The van der Waals surface area contributed by atoms with Crippen LogP contribution in [0.15, 0.2) is 18.3 Å². The van der Waals surface area contributed by atoms with Gasteiger partial charge in [-0.1, -0.05) is 13.8 Å². The van der Waals surface area contributed by atoms with E-state index >= 15 is 0 Å². The van der Waals surface area contributed by atoms with Crippen LogP contribution < -0.4 is 10.1 Å². The van der Waals surface area contributed by atoms with Crippen LogP contribution in [-0.2, 0) is 0 Å². The molecule has 1 heterocycles. The highest BCUT2D eigenvalue weighted by molar-refractivity contribution is 5.85. The van der Waals surface area contributed by atoms with Crippen LogP contribution in [0, 0.1) is 12.8 Å². The van der Waals surface area contributed by atoms with Crippen molar-refractivity contribution in [1.82, 2.24) is 15.5 Å². The Morgan fingerprint density at radius 1 is 1.35 bits per heavy atom. The molecule has 0 amide bonds. The summed E-state index contributed by atoms with van der Waals surface area (Å²) in [6.45, 7) is 7.72. The van der Waals surface area contributed by atoms with Crippen molar-refractivity contribution < 1.29 is 4.74 Å². The second kappa shape index (κ2) is 8.02. The van der Waals surface area contributed by atoms with Crippen LogP contribution in [0.5, 0.6) is 5.75 Å². The third-order valence-electron chi connectivity index (χ3n) is 4.58. The third kappa shape index (κ3) is 4.39. The van der Waals surface area contributed by atoms with Gasteiger partial charge in [0.05, 0.1) is 11.7 Å². The highest BCUT2D eigenvalue weighted by atomic mass is 35.5. The molecule has 1 aromatic heterocycles. The molecule has 4 nitrogen and oxygen atoms in total. The van der Waals surface area contributed by atoms with Gasteiger partial charge in [0.25, 0.3) is 0 Å². The maximum Gasteiger partial charge on any atom is 0.123 e. The molecular formula is C18H28ClN3O. The molecule has 0 unspecified atom stereocenters. The monoisotopic (exact) mass is 337 g/mol. The number of halogens is 1. The topological polar surface area (TPSA) is 49.9 Å². The van der Waals surface area contributed by atoms with Crippen LogP contribution in [0.25, 0.3) is 10.9 Å². The molecule has 0 radical (unpaired) electrons. The van der Waals surface area contributed by atoms with E-state index in [9.17, 15) is 0 Å². The van der Waals surface area contributed by atoms with E-state index in [4.69, 9.17) is 4.74 Å². The van der Waals surface area contributed by atoms with Crippen molar-refractivity contribution in [1.29, 1.82) is 0 Å². The fourth-order valence-corrected chi connectivity index (χ4v) is 3.29. The van der Waals surface area contributed by atoms with Crippen LogP contribution >= 0.6 is 12.4 Å². The summed E-state index contributed by atoms with van der Waals surface area (Å²) in [4.78, 5) is 0. The maximum atomic E-state index is 6.32. The molecule has 1 aromatic carbocycles. The largest absolute Gasteiger partial charge is 0.490 e. The van der Waals surface area contributed by atoms with E-state index in [1.165, 1.54) is 18.4 Å². The summed E-state index contributed by atoms with van der Waals surface area (Å²) in [7, 11) is 0. The van der Waals surface area contributed by atoms with Gasteiger partial charge in [-0.3, -0.25) is 5.10 Å². The summed E-state index contributed by atoms with van der Waals surface area (Å²) in [6.07, 6.45) is 6.98. The lowest BCUT2D eigenvalue weighted by atomic mass is 9.92. The molecule has 0 saturated heterocycles. The van der Waals surface area contributed by atoms with Gasteiger partial charge in [-0.25, -0.2) is 0 Å². The zero-order valence-corrected chi connectivity index (χ0v) is 15.1. The number of fused-ring (bicyclic) bond motifs is 1. The number of ether oxygens (including phenoxy) is 1. The van der Waals surface area contributed by atoms with Gasteiger partial charge in [0.1, 0.15) is 11.9 Å². The second-order valence-corrected chi connectivity index (χ2v) is 6.93. The minimum Gasteiger partial charge on any atom is -0.490 e. The van der Waals surface area contributed by atoms with E-state index in [1.807, 2.05) is 6.20 Å².